The van der Waals surface area contributed by atoms with E-state index in [1.165, 1.54) is 5.56 Å². The number of hydrogen-bond acceptors (Lipinski definition) is 3. The minimum atomic E-state index is -0.107. The maximum absolute atomic E-state index is 12.1. The Kier molecular flexibility index (Phi) is 7.00. The fourth-order valence-corrected chi connectivity index (χ4v) is 3.36. The van der Waals surface area contributed by atoms with Crippen LogP contribution in [0.5, 0.6) is 0 Å². The molecule has 0 aromatic heterocycles. The van der Waals surface area contributed by atoms with Crippen molar-refractivity contribution in [3.8, 4) is 0 Å². The fraction of sp³-hybridized carbons (Fsp3) is 0.286. The van der Waals surface area contributed by atoms with Crippen LogP contribution < -0.4 is 5.32 Å². The zero-order valence-electron chi connectivity index (χ0n) is 14.6. The first-order valence-electron chi connectivity index (χ1n) is 8.79. The normalized spacial score (nSPS) is 18.1. The lowest BCUT2D eigenvalue weighted by molar-refractivity contribution is -0.117. The van der Waals surface area contributed by atoms with Gasteiger partial charge in [0.05, 0.1) is 12.7 Å². The SMILES string of the molecule is O=C(/C=C/c1ccccc1Br)NCC1CN(Cc2ccccc2)CCO1. The van der Waals surface area contributed by atoms with Gasteiger partial charge in [-0.1, -0.05) is 64.5 Å². The van der Waals surface area contributed by atoms with Gasteiger partial charge in [-0.2, -0.15) is 0 Å². The Bertz CT molecular complexity index is 749. The van der Waals surface area contributed by atoms with Crippen LogP contribution in [0.2, 0.25) is 0 Å². The van der Waals surface area contributed by atoms with Crippen LogP contribution in [0.25, 0.3) is 6.08 Å². The second-order valence-electron chi connectivity index (χ2n) is 6.31. The van der Waals surface area contributed by atoms with Crippen LogP contribution in [0.15, 0.2) is 65.1 Å². The van der Waals surface area contributed by atoms with E-state index in [4.69, 9.17) is 4.74 Å². The molecule has 0 spiro atoms. The molecule has 1 unspecified atom stereocenters. The second kappa shape index (κ2) is 9.67. The van der Waals surface area contributed by atoms with Crippen molar-refractivity contribution in [3.05, 3.63) is 76.3 Å². The third kappa shape index (κ3) is 5.80. The highest BCUT2D eigenvalue weighted by Gasteiger charge is 2.20. The third-order valence-electron chi connectivity index (χ3n) is 4.30. The molecule has 136 valence electrons. The first-order chi connectivity index (χ1) is 12.7. The number of amides is 1. The van der Waals surface area contributed by atoms with E-state index in [0.717, 1.165) is 29.7 Å². The molecule has 1 aliphatic rings. The molecule has 3 rings (SSSR count). The number of ether oxygens (including phenoxy) is 1. The van der Waals surface area contributed by atoms with Gasteiger partial charge in [0, 0.05) is 36.7 Å². The summed E-state index contributed by atoms with van der Waals surface area (Å²) in [7, 11) is 0. The second-order valence-corrected chi connectivity index (χ2v) is 7.17. The van der Waals surface area contributed by atoms with Crippen molar-refractivity contribution in [1.82, 2.24) is 10.2 Å². The van der Waals surface area contributed by atoms with Crippen LogP contribution in [0, 0.1) is 0 Å². The summed E-state index contributed by atoms with van der Waals surface area (Å²) in [5.74, 6) is -0.107. The lowest BCUT2D eigenvalue weighted by atomic mass is 10.2. The lowest BCUT2D eigenvalue weighted by Gasteiger charge is -2.33. The van der Waals surface area contributed by atoms with Gasteiger partial charge >= 0.3 is 0 Å². The molecule has 0 radical (unpaired) electrons. The van der Waals surface area contributed by atoms with Gasteiger partial charge in [0.2, 0.25) is 5.91 Å². The van der Waals surface area contributed by atoms with E-state index in [1.807, 2.05) is 36.4 Å². The Morgan fingerprint density at radius 1 is 1.19 bits per heavy atom. The summed E-state index contributed by atoms with van der Waals surface area (Å²) in [6.07, 6.45) is 3.39. The van der Waals surface area contributed by atoms with Gasteiger partial charge in [-0.3, -0.25) is 9.69 Å². The molecule has 1 fully saturated rings. The quantitative estimate of drug-likeness (QED) is 0.735. The van der Waals surface area contributed by atoms with Crippen LogP contribution in [0.1, 0.15) is 11.1 Å². The van der Waals surface area contributed by atoms with Gasteiger partial charge in [0.25, 0.3) is 0 Å². The molecule has 5 heteroatoms. The fourth-order valence-electron chi connectivity index (χ4n) is 2.94. The molecule has 2 aromatic rings. The summed E-state index contributed by atoms with van der Waals surface area (Å²) < 4.78 is 6.76. The summed E-state index contributed by atoms with van der Waals surface area (Å²) in [6, 6.07) is 18.2. The molecular formula is C21H23BrN2O2. The molecule has 1 heterocycles. The van der Waals surface area contributed by atoms with Gasteiger partial charge in [-0.25, -0.2) is 0 Å². The van der Waals surface area contributed by atoms with Gasteiger partial charge in [-0.05, 0) is 23.3 Å². The number of rotatable bonds is 6. The van der Waals surface area contributed by atoms with Gasteiger partial charge in [0.15, 0.2) is 0 Å². The summed E-state index contributed by atoms with van der Waals surface area (Å²) in [5.41, 5.74) is 2.28. The smallest absolute Gasteiger partial charge is 0.244 e. The van der Waals surface area contributed by atoms with E-state index in [1.54, 1.807) is 6.08 Å². The number of nitrogens with one attached hydrogen (secondary N) is 1. The molecular weight excluding hydrogens is 392 g/mol. The molecule has 2 aromatic carbocycles. The predicted molar refractivity (Wildman–Crippen MR) is 108 cm³/mol. The summed E-state index contributed by atoms with van der Waals surface area (Å²) in [4.78, 5) is 14.4. The highest BCUT2D eigenvalue weighted by molar-refractivity contribution is 9.10. The van der Waals surface area contributed by atoms with Gasteiger partial charge in [-0.15, -0.1) is 0 Å². The van der Waals surface area contributed by atoms with Gasteiger partial charge in [0.1, 0.15) is 0 Å². The maximum Gasteiger partial charge on any atom is 0.244 e. The Labute approximate surface area is 163 Å². The van der Waals surface area contributed by atoms with Crippen molar-refractivity contribution < 1.29 is 9.53 Å². The Morgan fingerprint density at radius 2 is 1.96 bits per heavy atom. The molecule has 1 aliphatic heterocycles. The zero-order valence-corrected chi connectivity index (χ0v) is 16.2. The minimum absolute atomic E-state index is 0.0215. The first kappa shape index (κ1) is 18.8. The Morgan fingerprint density at radius 3 is 2.77 bits per heavy atom. The molecule has 1 N–H and O–H groups in total. The highest BCUT2D eigenvalue weighted by Crippen LogP contribution is 2.17. The molecule has 4 nitrogen and oxygen atoms in total. The lowest BCUT2D eigenvalue weighted by Crippen LogP contribution is -2.46. The van der Waals surface area contributed by atoms with E-state index in [-0.39, 0.29) is 12.0 Å². The van der Waals surface area contributed by atoms with Crippen molar-refractivity contribution >= 4 is 27.9 Å². The Balaban J connectivity index is 1.45. The van der Waals surface area contributed by atoms with Crippen LogP contribution in [-0.2, 0) is 16.1 Å². The highest BCUT2D eigenvalue weighted by atomic mass is 79.9. The van der Waals surface area contributed by atoms with E-state index in [2.05, 4.69) is 50.4 Å². The molecule has 0 aliphatic carbocycles. The topological polar surface area (TPSA) is 41.6 Å². The van der Waals surface area contributed by atoms with E-state index < -0.39 is 0 Å². The van der Waals surface area contributed by atoms with Gasteiger partial charge < -0.3 is 10.1 Å². The van der Waals surface area contributed by atoms with E-state index in [0.29, 0.717) is 13.2 Å². The zero-order chi connectivity index (χ0) is 18.2. The van der Waals surface area contributed by atoms with Crippen molar-refractivity contribution in [3.63, 3.8) is 0 Å². The molecule has 0 bridgehead atoms. The average Bonchev–Trinajstić information content (AvgIpc) is 2.67. The number of carbonyl (C=O) groups excluding carboxylic acids is 1. The Hall–Kier alpha value is -1.95. The number of carbonyl (C=O) groups is 1. The summed E-state index contributed by atoms with van der Waals surface area (Å²) >= 11 is 3.47. The third-order valence-corrected chi connectivity index (χ3v) is 5.02. The molecule has 1 amide bonds. The van der Waals surface area contributed by atoms with E-state index >= 15 is 0 Å². The molecule has 26 heavy (non-hydrogen) atoms. The number of halogens is 1. The summed E-state index contributed by atoms with van der Waals surface area (Å²) in [6.45, 7) is 3.87. The van der Waals surface area contributed by atoms with Crippen molar-refractivity contribution in [1.29, 1.82) is 0 Å². The predicted octanol–water partition coefficient (Wildman–Crippen LogP) is 3.48. The van der Waals surface area contributed by atoms with Crippen LogP contribution >= 0.6 is 15.9 Å². The summed E-state index contributed by atoms with van der Waals surface area (Å²) in [5, 5.41) is 2.93. The average molecular weight is 415 g/mol. The largest absolute Gasteiger partial charge is 0.374 e. The number of hydrogen-bond donors (Lipinski definition) is 1. The minimum Gasteiger partial charge on any atom is -0.374 e. The van der Waals surface area contributed by atoms with Crippen molar-refractivity contribution in [2.75, 3.05) is 26.2 Å². The van der Waals surface area contributed by atoms with Crippen molar-refractivity contribution in [2.45, 2.75) is 12.6 Å². The monoisotopic (exact) mass is 414 g/mol. The van der Waals surface area contributed by atoms with Crippen LogP contribution in [-0.4, -0.2) is 43.2 Å². The van der Waals surface area contributed by atoms with E-state index in [9.17, 15) is 4.79 Å². The number of morpholine rings is 1. The van der Waals surface area contributed by atoms with Crippen molar-refractivity contribution in [2.24, 2.45) is 0 Å². The van der Waals surface area contributed by atoms with Crippen LogP contribution in [0.3, 0.4) is 0 Å². The standard InChI is InChI=1S/C21H23BrN2O2/c22-20-9-5-4-8-18(20)10-11-21(25)23-14-19-16-24(12-13-26-19)15-17-6-2-1-3-7-17/h1-11,19H,12-16H2,(H,23,25)/b11-10+. The molecule has 1 atom stereocenters. The first-order valence-corrected chi connectivity index (χ1v) is 9.58. The number of nitrogens with zero attached hydrogens (tertiary/aromatic N) is 1. The molecule has 0 saturated carbocycles. The maximum atomic E-state index is 12.1. The van der Waals surface area contributed by atoms with Crippen LogP contribution in [0.4, 0.5) is 0 Å². The number of benzene rings is 2. The molecule has 1 saturated heterocycles.